The Kier molecular flexibility index (Phi) is 5.65. The predicted molar refractivity (Wildman–Crippen MR) is 85.9 cm³/mol. The molecule has 1 aliphatic rings. The third-order valence-electron chi connectivity index (χ3n) is 4.72. The van der Waals surface area contributed by atoms with Crippen molar-refractivity contribution in [1.29, 1.82) is 0 Å². The van der Waals surface area contributed by atoms with Crippen LogP contribution in [0.4, 0.5) is 0 Å². The quantitative estimate of drug-likeness (QED) is 0.874. The molecule has 0 spiro atoms. The zero-order valence-electron chi connectivity index (χ0n) is 12.8. The van der Waals surface area contributed by atoms with E-state index in [1.54, 1.807) is 12.1 Å². The molecule has 116 valence electrons. The number of benzene rings is 1. The van der Waals surface area contributed by atoms with Crippen LogP contribution in [0.5, 0.6) is 0 Å². The lowest BCUT2D eigenvalue weighted by Gasteiger charge is -2.34. The Morgan fingerprint density at radius 3 is 2.62 bits per heavy atom. The van der Waals surface area contributed by atoms with Crippen molar-refractivity contribution in [3.05, 3.63) is 34.3 Å². The SMILES string of the molecule is CC(C1CCCCC1)N(C)Cc1ccc(C(=O)O)c(Cl)c1. The third-order valence-corrected chi connectivity index (χ3v) is 5.04. The van der Waals surface area contributed by atoms with Crippen LogP contribution in [0.1, 0.15) is 54.9 Å². The van der Waals surface area contributed by atoms with Crippen molar-refractivity contribution in [2.45, 2.75) is 51.6 Å². The maximum atomic E-state index is 11.0. The van der Waals surface area contributed by atoms with E-state index in [1.807, 2.05) is 6.07 Å². The van der Waals surface area contributed by atoms with Gasteiger partial charge in [0.05, 0.1) is 10.6 Å². The topological polar surface area (TPSA) is 40.5 Å². The summed E-state index contributed by atoms with van der Waals surface area (Å²) in [4.78, 5) is 13.3. The summed E-state index contributed by atoms with van der Waals surface area (Å²) in [6.45, 7) is 3.10. The first-order valence-corrected chi connectivity index (χ1v) is 8.09. The molecule has 1 saturated carbocycles. The van der Waals surface area contributed by atoms with Gasteiger partial charge >= 0.3 is 5.97 Å². The number of halogens is 1. The Morgan fingerprint density at radius 1 is 1.38 bits per heavy atom. The second kappa shape index (κ2) is 7.28. The van der Waals surface area contributed by atoms with Gasteiger partial charge in [-0.25, -0.2) is 4.79 Å². The molecule has 2 rings (SSSR count). The van der Waals surface area contributed by atoms with Gasteiger partial charge in [-0.05, 0) is 50.4 Å². The molecule has 0 aliphatic heterocycles. The van der Waals surface area contributed by atoms with E-state index in [2.05, 4.69) is 18.9 Å². The molecule has 1 aliphatic carbocycles. The van der Waals surface area contributed by atoms with Gasteiger partial charge in [-0.3, -0.25) is 4.90 Å². The highest BCUT2D eigenvalue weighted by Gasteiger charge is 2.23. The average molecular weight is 310 g/mol. The molecule has 0 heterocycles. The summed E-state index contributed by atoms with van der Waals surface area (Å²) >= 11 is 6.04. The first-order valence-electron chi connectivity index (χ1n) is 7.71. The highest BCUT2D eigenvalue weighted by Crippen LogP contribution is 2.29. The van der Waals surface area contributed by atoms with E-state index in [9.17, 15) is 4.79 Å². The number of carboxylic acids is 1. The third kappa shape index (κ3) is 4.21. The van der Waals surface area contributed by atoms with Crippen LogP contribution in [0.2, 0.25) is 5.02 Å². The zero-order valence-corrected chi connectivity index (χ0v) is 13.6. The van der Waals surface area contributed by atoms with Crippen LogP contribution < -0.4 is 0 Å². The molecular formula is C17H24ClNO2. The van der Waals surface area contributed by atoms with E-state index in [0.717, 1.165) is 18.0 Å². The van der Waals surface area contributed by atoms with Crippen LogP contribution >= 0.6 is 11.6 Å². The molecule has 1 aromatic carbocycles. The van der Waals surface area contributed by atoms with E-state index >= 15 is 0 Å². The molecule has 1 atom stereocenters. The Hall–Kier alpha value is -1.06. The van der Waals surface area contributed by atoms with Crippen molar-refractivity contribution in [3.8, 4) is 0 Å². The lowest BCUT2D eigenvalue weighted by atomic mass is 9.84. The fourth-order valence-electron chi connectivity index (χ4n) is 3.24. The van der Waals surface area contributed by atoms with Gasteiger partial charge in [0.25, 0.3) is 0 Å². The number of hydrogen-bond acceptors (Lipinski definition) is 2. The summed E-state index contributed by atoms with van der Waals surface area (Å²) in [6, 6.07) is 5.77. The molecule has 1 aromatic rings. The molecule has 0 radical (unpaired) electrons. The molecular weight excluding hydrogens is 286 g/mol. The van der Waals surface area contributed by atoms with Crippen LogP contribution in [0.3, 0.4) is 0 Å². The number of carboxylic acid groups (broad SMARTS) is 1. The van der Waals surface area contributed by atoms with Gasteiger partial charge in [0.1, 0.15) is 0 Å². The standard InChI is InChI=1S/C17H24ClNO2/c1-12(14-6-4-3-5-7-14)19(2)11-13-8-9-15(17(20)21)16(18)10-13/h8-10,12,14H,3-7,11H2,1-2H3,(H,20,21). The van der Waals surface area contributed by atoms with Gasteiger partial charge < -0.3 is 5.11 Å². The van der Waals surface area contributed by atoms with Crippen LogP contribution in [-0.2, 0) is 6.54 Å². The van der Waals surface area contributed by atoms with Gasteiger partial charge in [0.15, 0.2) is 0 Å². The van der Waals surface area contributed by atoms with Crippen LogP contribution in [0.15, 0.2) is 18.2 Å². The summed E-state index contributed by atoms with van der Waals surface area (Å²) in [6.07, 6.45) is 6.72. The number of carbonyl (C=O) groups is 1. The Morgan fingerprint density at radius 2 is 2.05 bits per heavy atom. The zero-order chi connectivity index (χ0) is 15.4. The predicted octanol–water partition coefficient (Wildman–Crippen LogP) is 4.44. The summed E-state index contributed by atoms with van der Waals surface area (Å²) in [5.74, 6) is -0.201. The fourth-order valence-corrected chi connectivity index (χ4v) is 3.52. The molecule has 1 unspecified atom stereocenters. The van der Waals surface area contributed by atoms with Gasteiger partial charge in [0.2, 0.25) is 0 Å². The van der Waals surface area contributed by atoms with Gasteiger partial charge in [-0.15, -0.1) is 0 Å². The van der Waals surface area contributed by atoms with Crippen molar-refractivity contribution in [1.82, 2.24) is 4.90 Å². The minimum atomic E-state index is -0.976. The number of hydrogen-bond donors (Lipinski definition) is 1. The number of aromatic carboxylic acids is 1. The van der Waals surface area contributed by atoms with Gasteiger partial charge in [-0.2, -0.15) is 0 Å². The molecule has 1 fully saturated rings. The molecule has 0 saturated heterocycles. The smallest absolute Gasteiger partial charge is 0.337 e. The van der Waals surface area contributed by atoms with Crippen LogP contribution in [0.25, 0.3) is 0 Å². The van der Waals surface area contributed by atoms with Crippen LogP contribution in [0, 0.1) is 5.92 Å². The molecule has 3 nitrogen and oxygen atoms in total. The van der Waals surface area contributed by atoms with Crippen molar-refractivity contribution < 1.29 is 9.90 Å². The highest BCUT2D eigenvalue weighted by atomic mass is 35.5. The second-order valence-corrected chi connectivity index (χ2v) is 6.58. The minimum Gasteiger partial charge on any atom is -0.478 e. The van der Waals surface area contributed by atoms with E-state index < -0.39 is 5.97 Å². The Bertz CT molecular complexity index is 498. The largest absolute Gasteiger partial charge is 0.478 e. The lowest BCUT2D eigenvalue weighted by molar-refractivity contribution is 0.0697. The molecule has 0 amide bonds. The summed E-state index contributed by atoms with van der Waals surface area (Å²) in [5.41, 5.74) is 1.23. The van der Waals surface area contributed by atoms with Crippen molar-refractivity contribution >= 4 is 17.6 Å². The van der Waals surface area contributed by atoms with Crippen molar-refractivity contribution in [3.63, 3.8) is 0 Å². The molecule has 4 heteroatoms. The molecule has 1 N–H and O–H groups in total. The number of nitrogens with zero attached hydrogens (tertiary/aromatic N) is 1. The normalized spacial score (nSPS) is 17.9. The summed E-state index contributed by atoms with van der Waals surface area (Å²) in [5, 5.41) is 9.32. The first kappa shape index (κ1) is 16.3. The monoisotopic (exact) mass is 309 g/mol. The lowest BCUT2D eigenvalue weighted by Crippen LogP contribution is -2.36. The molecule has 0 aromatic heterocycles. The van der Waals surface area contributed by atoms with E-state index in [-0.39, 0.29) is 5.56 Å². The molecule has 21 heavy (non-hydrogen) atoms. The Balaban J connectivity index is 2.00. The Labute approximate surface area is 131 Å². The minimum absolute atomic E-state index is 0.170. The maximum absolute atomic E-state index is 11.0. The van der Waals surface area contributed by atoms with Crippen molar-refractivity contribution in [2.75, 3.05) is 7.05 Å². The first-order chi connectivity index (χ1) is 9.99. The van der Waals surface area contributed by atoms with Crippen LogP contribution in [-0.4, -0.2) is 29.1 Å². The second-order valence-electron chi connectivity index (χ2n) is 6.17. The van der Waals surface area contributed by atoms with E-state index in [1.165, 1.54) is 32.1 Å². The van der Waals surface area contributed by atoms with Crippen molar-refractivity contribution in [2.24, 2.45) is 5.92 Å². The van der Waals surface area contributed by atoms with E-state index in [0.29, 0.717) is 11.1 Å². The average Bonchev–Trinajstić information content (AvgIpc) is 2.47. The number of rotatable bonds is 5. The summed E-state index contributed by atoms with van der Waals surface area (Å²) < 4.78 is 0. The molecule has 0 bridgehead atoms. The van der Waals surface area contributed by atoms with Gasteiger partial charge in [-0.1, -0.05) is 36.9 Å². The highest BCUT2D eigenvalue weighted by molar-refractivity contribution is 6.33. The van der Waals surface area contributed by atoms with E-state index in [4.69, 9.17) is 16.7 Å². The van der Waals surface area contributed by atoms with Gasteiger partial charge in [0, 0.05) is 12.6 Å². The summed E-state index contributed by atoms with van der Waals surface area (Å²) in [7, 11) is 2.14. The maximum Gasteiger partial charge on any atom is 0.337 e. The fraction of sp³-hybridized carbons (Fsp3) is 0.588.